The van der Waals surface area contributed by atoms with Crippen LogP contribution in [0.25, 0.3) is 10.9 Å². The molecule has 0 saturated heterocycles. The van der Waals surface area contributed by atoms with Crippen LogP contribution in [0.3, 0.4) is 0 Å². The Balaban J connectivity index is 1.90. The van der Waals surface area contributed by atoms with Gasteiger partial charge in [-0.25, -0.2) is 4.98 Å². The third-order valence-corrected chi connectivity index (χ3v) is 5.02. The van der Waals surface area contributed by atoms with Crippen LogP contribution in [0.5, 0.6) is 11.5 Å². The SMILES string of the molecule is Oc1ccc(I)cc1C(Nc1ccccn1)c1ccc2cccnc2c1O. The number of phenolic OH excluding ortho intramolecular Hbond substituents is 2. The van der Waals surface area contributed by atoms with Crippen LogP contribution in [0.4, 0.5) is 5.82 Å². The van der Waals surface area contributed by atoms with Crippen molar-refractivity contribution in [3.05, 3.63) is 87.8 Å². The second kappa shape index (κ2) is 7.40. The molecule has 0 fully saturated rings. The van der Waals surface area contributed by atoms with E-state index in [1.807, 2.05) is 54.6 Å². The van der Waals surface area contributed by atoms with E-state index in [0.29, 0.717) is 22.5 Å². The molecule has 1 atom stereocenters. The third kappa shape index (κ3) is 3.52. The summed E-state index contributed by atoms with van der Waals surface area (Å²) in [7, 11) is 0. The van der Waals surface area contributed by atoms with Crippen molar-refractivity contribution in [3.8, 4) is 11.5 Å². The Labute approximate surface area is 169 Å². The molecule has 5 nitrogen and oxygen atoms in total. The first-order valence-electron chi connectivity index (χ1n) is 8.36. The molecule has 6 heteroatoms. The molecule has 0 amide bonds. The van der Waals surface area contributed by atoms with Gasteiger partial charge in [-0.15, -0.1) is 0 Å². The summed E-state index contributed by atoms with van der Waals surface area (Å²) in [6.45, 7) is 0. The summed E-state index contributed by atoms with van der Waals surface area (Å²) in [6, 6.07) is 17.9. The Morgan fingerprint density at radius 3 is 2.52 bits per heavy atom. The number of rotatable bonds is 4. The standard InChI is InChI=1S/C21H16IN3O2/c22-14-7-9-17(26)16(12-14)20(25-18-5-1-2-10-23-18)15-8-6-13-4-3-11-24-19(13)21(15)27/h1-12,20,26-27H,(H,23,25). The summed E-state index contributed by atoms with van der Waals surface area (Å²) in [6.07, 6.45) is 3.34. The van der Waals surface area contributed by atoms with Crippen molar-refractivity contribution >= 4 is 39.3 Å². The maximum atomic E-state index is 10.9. The van der Waals surface area contributed by atoms with Gasteiger partial charge >= 0.3 is 0 Å². The van der Waals surface area contributed by atoms with Gasteiger partial charge in [0.15, 0.2) is 0 Å². The number of fused-ring (bicyclic) bond motifs is 1. The Bertz CT molecular complexity index is 1100. The first kappa shape index (κ1) is 17.5. The molecular weight excluding hydrogens is 453 g/mol. The van der Waals surface area contributed by atoms with Gasteiger partial charge < -0.3 is 15.5 Å². The fourth-order valence-corrected chi connectivity index (χ4v) is 3.57. The third-order valence-electron chi connectivity index (χ3n) is 4.35. The number of nitrogens with zero attached hydrogens (tertiary/aromatic N) is 2. The minimum atomic E-state index is -0.499. The second-order valence-corrected chi connectivity index (χ2v) is 7.32. The molecule has 4 rings (SSSR count). The Morgan fingerprint density at radius 1 is 0.852 bits per heavy atom. The predicted molar refractivity (Wildman–Crippen MR) is 114 cm³/mol. The first-order valence-corrected chi connectivity index (χ1v) is 9.44. The van der Waals surface area contributed by atoms with Crippen LogP contribution in [-0.2, 0) is 0 Å². The normalized spacial score (nSPS) is 12.0. The lowest BCUT2D eigenvalue weighted by Crippen LogP contribution is -2.14. The minimum Gasteiger partial charge on any atom is -0.508 e. The van der Waals surface area contributed by atoms with Crippen molar-refractivity contribution in [1.29, 1.82) is 0 Å². The molecule has 2 aromatic carbocycles. The van der Waals surface area contributed by atoms with Crippen molar-refractivity contribution in [2.45, 2.75) is 6.04 Å². The summed E-state index contributed by atoms with van der Waals surface area (Å²) < 4.78 is 0.978. The smallest absolute Gasteiger partial charge is 0.147 e. The first-order chi connectivity index (χ1) is 13.1. The molecule has 134 valence electrons. The van der Waals surface area contributed by atoms with E-state index in [2.05, 4.69) is 37.9 Å². The van der Waals surface area contributed by atoms with Crippen LogP contribution in [0, 0.1) is 3.57 Å². The zero-order valence-electron chi connectivity index (χ0n) is 14.2. The highest BCUT2D eigenvalue weighted by atomic mass is 127. The Morgan fingerprint density at radius 2 is 1.70 bits per heavy atom. The van der Waals surface area contributed by atoms with Crippen molar-refractivity contribution in [2.24, 2.45) is 0 Å². The number of benzene rings is 2. The lowest BCUT2D eigenvalue weighted by atomic mass is 9.95. The highest BCUT2D eigenvalue weighted by molar-refractivity contribution is 14.1. The van der Waals surface area contributed by atoms with E-state index < -0.39 is 6.04 Å². The van der Waals surface area contributed by atoms with Crippen LogP contribution in [0.1, 0.15) is 17.2 Å². The number of pyridine rings is 2. The average Bonchev–Trinajstić information content (AvgIpc) is 2.70. The van der Waals surface area contributed by atoms with E-state index in [1.165, 1.54) is 0 Å². The van der Waals surface area contributed by atoms with Gasteiger partial charge in [-0.1, -0.05) is 24.3 Å². The number of anilines is 1. The summed E-state index contributed by atoms with van der Waals surface area (Å²) >= 11 is 2.20. The zero-order chi connectivity index (χ0) is 18.8. The van der Waals surface area contributed by atoms with Crippen molar-refractivity contribution in [1.82, 2.24) is 9.97 Å². The van der Waals surface area contributed by atoms with Crippen LogP contribution in [0.2, 0.25) is 0 Å². The van der Waals surface area contributed by atoms with Crippen molar-refractivity contribution < 1.29 is 10.2 Å². The number of nitrogens with one attached hydrogen (secondary N) is 1. The van der Waals surface area contributed by atoms with Crippen LogP contribution < -0.4 is 5.32 Å². The molecule has 0 aliphatic heterocycles. The van der Waals surface area contributed by atoms with E-state index in [1.54, 1.807) is 18.5 Å². The van der Waals surface area contributed by atoms with Gasteiger partial charge in [0.25, 0.3) is 0 Å². The van der Waals surface area contributed by atoms with Crippen LogP contribution in [-0.4, -0.2) is 20.2 Å². The van der Waals surface area contributed by atoms with Crippen LogP contribution in [0.15, 0.2) is 73.1 Å². The average molecular weight is 469 g/mol. The summed E-state index contributed by atoms with van der Waals surface area (Å²) in [5.41, 5.74) is 1.79. The largest absolute Gasteiger partial charge is 0.508 e. The summed E-state index contributed by atoms with van der Waals surface area (Å²) in [4.78, 5) is 8.63. The van der Waals surface area contributed by atoms with Gasteiger partial charge in [0.05, 0.1) is 6.04 Å². The Hall–Kier alpha value is -2.87. The molecule has 0 aliphatic carbocycles. The quantitative estimate of drug-likeness (QED) is 0.373. The molecule has 0 spiro atoms. The zero-order valence-corrected chi connectivity index (χ0v) is 16.3. The number of aromatic nitrogens is 2. The van der Waals surface area contributed by atoms with Crippen molar-refractivity contribution in [2.75, 3.05) is 5.32 Å². The molecule has 2 heterocycles. The molecule has 0 bridgehead atoms. The van der Waals surface area contributed by atoms with E-state index in [-0.39, 0.29) is 11.5 Å². The van der Waals surface area contributed by atoms with Gasteiger partial charge in [-0.05, 0) is 59.0 Å². The molecule has 1 unspecified atom stereocenters. The van der Waals surface area contributed by atoms with E-state index >= 15 is 0 Å². The highest BCUT2D eigenvalue weighted by Crippen LogP contribution is 2.39. The van der Waals surface area contributed by atoms with Gasteiger partial charge in [0.1, 0.15) is 22.8 Å². The molecule has 0 radical (unpaired) electrons. The van der Waals surface area contributed by atoms with E-state index in [9.17, 15) is 10.2 Å². The van der Waals surface area contributed by atoms with Gasteiger partial charge in [0, 0.05) is 32.5 Å². The summed E-state index contributed by atoms with van der Waals surface area (Å²) in [5.74, 6) is 0.866. The van der Waals surface area contributed by atoms with E-state index in [0.717, 1.165) is 8.96 Å². The number of hydrogen-bond donors (Lipinski definition) is 3. The highest BCUT2D eigenvalue weighted by Gasteiger charge is 2.23. The van der Waals surface area contributed by atoms with E-state index in [4.69, 9.17) is 0 Å². The molecule has 27 heavy (non-hydrogen) atoms. The minimum absolute atomic E-state index is 0.0831. The number of halogens is 1. The maximum absolute atomic E-state index is 10.9. The number of aromatic hydroxyl groups is 2. The molecule has 0 aliphatic rings. The maximum Gasteiger partial charge on any atom is 0.147 e. The van der Waals surface area contributed by atoms with Gasteiger partial charge in [0.2, 0.25) is 0 Å². The van der Waals surface area contributed by atoms with Crippen molar-refractivity contribution in [3.63, 3.8) is 0 Å². The second-order valence-electron chi connectivity index (χ2n) is 6.07. The number of phenols is 2. The lowest BCUT2D eigenvalue weighted by Gasteiger charge is -2.23. The molecule has 2 aromatic heterocycles. The Kier molecular flexibility index (Phi) is 4.81. The fraction of sp³-hybridized carbons (Fsp3) is 0.0476. The fourth-order valence-electron chi connectivity index (χ4n) is 3.05. The lowest BCUT2D eigenvalue weighted by molar-refractivity contribution is 0.459. The van der Waals surface area contributed by atoms with Crippen LogP contribution >= 0.6 is 22.6 Å². The van der Waals surface area contributed by atoms with Gasteiger partial charge in [-0.3, -0.25) is 4.98 Å². The molecule has 4 aromatic rings. The topological polar surface area (TPSA) is 78.3 Å². The molecular formula is C21H16IN3O2. The molecule has 3 N–H and O–H groups in total. The van der Waals surface area contributed by atoms with Gasteiger partial charge in [-0.2, -0.15) is 0 Å². The number of hydrogen-bond acceptors (Lipinski definition) is 5. The monoisotopic (exact) mass is 469 g/mol. The molecule has 0 saturated carbocycles. The predicted octanol–water partition coefficient (Wildman–Crippen LogP) is 4.85. The summed E-state index contributed by atoms with van der Waals surface area (Å²) in [5, 5.41) is 25.6.